The second kappa shape index (κ2) is 7.80. The van der Waals surface area contributed by atoms with E-state index >= 15 is 0 Å². The minimum absolute atomic E-state index is 0.0421. The third-order valence-electron chi connectivity index (χ3n) is 6.80. The summed E-state index contributed by atoms with van der Waals surface area (Å²) in [6, 6.07) is 14.0. The molecule has 2 aromatic carbocycles. The van der Waals surface area contributed by atoms with Gasteiger partial charge in [0, 0.05) is 41.9 Å². The van der Waals surface area contributed by atoms with E-state index in [-0.39, 0.29) is 22.7 Å². The van der Waals surface area contributed by atoms with E-state index in [0.29, 0.717) is 47.5 Å². The van der Waals surface area contributed by atoms with Gasteiger partial charge in [-0.05, 0) is 42.2 Å². The van der Waals surface area contributed by atoms with Gasteiger partial charge in [-0.3, -0.25) is 9.59 Å². The number of hydrogen-bond acceptors (Lipinski definition) is 6. The quantitative estimate of drug-likeness (QED) is 0.690. The molecule has 1 atom stereocenters. The molecule has 170 valence electrons. The Morgan fingerprint density at radius 3 is 2.55 bits per heavy atom. The predicted molar refractivity (Wildman–Crippen MR) is 125 cm³/mol. The van der Waals surface area contributed by atoms with Crippen LogP contribution < -0.4 is 10.1 Å². The summed E-state index contributed by atoms with van der Waals surface area (Å²) >= 11 is 0. The molecule has 3 aliphatic rings. The molecule has 0 amide bonds. The molecule has 6 heteroatoms. The van der Waals surface area contributed by atoms with Gasteiger partial charge in [0.2, 0.25) is 0 Å². The number of aromatic hydroxyl groups is 1. The van der Waals surface area contributed by atoms with E-state index in [1.54, 1.807) is 43.5 Å². The first kappa shape index (κ1) is 21.3. The van der Waals surface area contributed by atoms with E-state index in [4.69, 9.17) is 4.74 Å². The van der Waals surface area contributed by atoms with Crippen molar-refractivity contribution in [3.63, 3.8) is 0 Å². The number of nitrogens with one attached hydrogen (secondary N) is 1. The number of carbonyl (C=O) groups excluding carboxylic acids is 2. The van der Waals surface area contributed by atoms with E-state index < -0.39 is 5.92 Å². The Bertz CT molecular complexity index is 1210. The second-order valence-electron chi connectivity index (χ2n) is 9.69. The van der Waals surface area contributed by atoms with Crippen molar-refractivity contribution >= 4 is 11.6 Å². The van der Waals surface area contributed by atoms with Crippen molar-refractivity contribution in [3.8, 4) is 11.5 Å². The fraction of sp³-hybridized carbons (Fsp3) is 0.333. The number of methoxy groups -OCH3 is 1. The molecule has 2 aromatic rings. The van der Waals surface area contributed by atoms with Gasteiger partial charge >= 0.3 is 0 Å². The van der Waals surface area contributed by atoms with Gasteiger partial charge in [-0.2, -0.15) is 0 Å². The van der Waals surface area contributed by atoms with E-state index in [9.17, 15) is 14.7 Å². The lowest BCUT2D eigenvalue weighted by molar-refractivity contribution is -0.118. The Hall–Kier alpha value is -3.54. The number of Topliss-reactive ketones (excluding diaryl/α,β-unsaturated/α-hetero) is 2. The van der Waals surface area contributed by atoms with Crippen LogP contribution >= 0.6 is 0 Å². The number of para-hydroxylation sites is 1. The highest BCUT2D eigenvalue weighted by Gasteiger charge is 2.47. The van der Waals surface area contributed by atoms with E-state index in [1.165, 1.54) is 0 Å². The molecule has 0 saturated carbocycles. The summed E-state index contributed by atoms with van der Waals surface area (Å²) in [7, 11) is 1.58. The molecule has 2 aliphatic heterocycles. The number of ether oxygens (including phenoxy) is 1. The molecule has 1 unspecified atom stereocenters. The number of fused-ring (bicyclic) bond motifs is 2. The van der Waals surface area contributed by atoms with E-state index in [0.717, 1.165) is 17.9 Å². The summed E-state index contributed by atoms with van der Waals surface area (Å²) in [5.41, 5.74) is 3.04. The Kier molecular flexibility index (Phi) is 5.04. The zero-order valence-electron chi connectivity index (χ0n) is 19.1. The number of nitrogens with zero attached hydrogens (tertiary/aromatic N) is 1. The first-order valence-electron chi connectivity index (χ1n) is 11.3. The summed E-state index contributed by atoms with van der Waals surface area (Å²) < 4.78 is 5.25. The van der Waals surface area contributed by atoms with Crippen LogP contribution in [0.4, 0.5) is 0 Å². The van der Waals surface area contributed by atoms with Crippen LogP contribution in [0.3, 0.4) is 0 Å². The van der Waals surface area contributed by atoms with Crippen molar-refractivity contribution in [2.75, 3.05) is 20.2 Å². The predicted octanol–water partition coefficient (Wildman–Crippen LogP) is 4.14. The van der Waals surface area contributed by atoms with Crippen LogP contribution in [0.1, 0.15) is 48.5 Å². The molecule has 1 saturated heterocycles. The van der Waals surface area contributed by atoms with Gasteiger partial charge in [0.15, 0.2) is 11.6 Å². The van der Waals surface area contributed by atoms with Crippen molar-refractivity contribution in [2.45, 2.75) is 32.6 Å². The number of allylic oxidation sites excluding steroid dienone is 3. The summed E-state index contributed by atoms with van der Waals surface area (Å²) in [6.07, 6.45) is 1.16. The number of rotatable bonds is 4. The number of phenolic OH excluding ortho intramolecular Hbond substituents is 1. The summed E-state index contributed by atoms with van der Waals surface area (Å²) in [5.74, 6) is 0.744. The maximum Gasteiger partial charge on any atom is 0.193 e. The number of benzene rings is 2. The maximum absolute atomic E-state index is 14.0. The van der Waals surface area contributed by atoms with Crippen molar-refractivity contribution in [2.24, 2.45) is 5.41 Å². The average Bonchev–Trinajstić information content (AvgIpc) is 3.28. The Morgan fingerprint density at radius 2 is 1.85 bits per heavy atom. The highest BCUT2D eigenvalue weighted by atomic mass is 16.5. The first-order valence-corrected chi connectivity index (χ1v) is 11.3. The molecule has 2 N–H and O–H groups in total. The monoisotopic (exact) mass is 444 g/mol. The highest BCUT2D eigenvalue weighted by Crippen LogP contribution is 2.51. The molecular formula is C27H28N2O4. The Labute approximate surface area is 193 Å². The van der Waals surface area contributed by atoms with Gasteiger partial charge in [0.25, 0.3) is 0 Å². The molecule has 33 heavy (non-hydrogen) atoms. The summed E-state index contributed by atoms with van der Waals surface area (Å²) in [6.45, 7) is 5.60. The SMILES string of the molecule is COc1ccc(C(=O)C2=C3NCCN3C3=C(C(=O)CC(C)(C)C3)C2c2ccccc2O)cc1. The zero-order chi connectivity index (χ0) is 23.3. The van der Waals surface area contributed by atoms with Crippen LogP contribution in [-0.2, 0) is 4.79 Å². The normalized spacial score (nSPS) is 21.5. The number of ketones is 2. The lowest BCUT2D eigenvalue weighted by atomic mass is 9.67. The third kappa shape index (κ3) is 3.50. The smallest absolute Gasteiger partial charge is 0.193 e. The van der Waals surface area contributed by atoms with Crippen molar-refractivity contribution in [1.82, 2.24) is 10.2 Å². The van der Waals surface area contributed by atoms with Crippen molar-refractivity contribution in [1.29, 1.82) is 0 Å². The third-order valence-corrected chi connectivity index (χ3v) is 6.80. The lowest BCUT2D eigenvalue weighted by Crippen LogP contribution is -2.40. The van der Waals surface area contributed by atoms with Gasteiger partial charge < -0.3 is 20.1 Å². The number of phenols is 1. The van der Waals surface area contributed by atoms with E-state index in [2.05, 4.69) is 24.1 Å². The molecule has 1 fully saturated rings. The standard InChI is InChI=1S/C27H28N2O4/c1-27(2)14-19-23(21(31)15-27)22(18-6-4-5-7-20(18)30)24(26-28-12-13-29(19)26)25(32)16-8-10-17(33-3)11-9-16/h4-11,22,28,30H,12-15H2,1-3H3. The van der Waals surface area contributed by atoms with Crippen LogP contribution in [0.5, 0.6) is 11.5 Å². The minimum Gasteiger partial charge on any atom is -0.508 e. The first-order chi connectivity index (χ1) is 15.8. The molecule has 5 rings (SSSR count). The minimum atomic E-state index is -0.628. The molecule has 2 heterocycles. The van der Waals surface area contributed by atoms with Crippen molar-refractivity contribution < 1.29 is 19.4 Å². The molecule has 0 spiro atoms. The van der Waals surface area contributed by atoms with Gasteiger partial charge in [0.05, 0.1) is 18.6 Å². The summed E-state index contributed by atoms with van der Waals surface area (Å²) in [4.78, 5) is 29.7. The lowest BCUT2D eigenvalue weighted by Gasteiger charge is -2.43. The topological polar surface area (TPSA) is 78.9 Å². The molecule has 6 nitrogen and oxygen atoms in total. The molecule has 0 bridgehead atoms. The zero-order valence-corrected chi connectivity index (χ0v) is 19.1. The number of hydrogen-bond donors (Lipinski definition) is 2. The molecular weight excluding hydrogens is 416 g/mol. The van der Waals surface area contributed by atoms with Crippen LogP contribution in [0.25, 0.3) is 0 Å². The van der Waals surface area contributed by atoms with Crippen molar-refractivity contribution in [3.05, 3.63) is 82.3 Å². The molecule has 0 radical (unpaired) electrons. The average molecular weight is 445 g/mol. The number of carbonyl (C=O) groups is 2. The molecule has 0 aromatic heterocycles. The molecule has 1 aliphatic carbocycles. The maximum atomic E-state index is 14.0. The van der Waals surface area contributed by atoms with Crippen LogP contribution in [0.15, 0.2) is 71.2 Å². The van der Waals surface area contributed by atoms with Crippen LogP contribution in [0, 0.1) is 5.41 Å². The van der Waals surface area contributed by atoms with Crippen LogP contribution in [-0.4, -0.2) is 41.8 Å². The van der Waals surface area contributed by atoms with Crippen LogP contribution in [0.2, 0.25) is 0 Å². The fourth-order valence-corrected chi connectivity index (χ4v) is 5.33. The van der Waals surface area contributed by atoms with Gasteiger partial charge in [-0.1, -0.05) is 32.0 Å². The summed E-state index contributed by atoms with van der Waals surface area (Å²) in [5, 5.41) is 14.2. The highest BCUT2D eigenvalue weighted by molar-refractivity contribution is 6.13. The van der Waals surface area contributed by atoms with E-state index in [1.807, 2.05) is 12.1 Å². The Morgan fingerprint density at radius 1 is 1.12 bits per heavy atom. The Balaban J connectivity index is 1.73. The second-order valence-corrected chi connectivity index (χ2v) is 9.69. The largest absolute Gasteiger partial charge is 0.508 e. The van der Waals surface area contributed by atoms with Gasteiger partial charge in [-0.15, -0.1) is 0 Å². The van der Waals surface area contributed by atoms with Gasteiger partial charge in [0.1, 0.15) is 17.3 Å². The van der Waals surface area contributed by atoms with Gasteiger partial charge in [-0.25, -0.2) is 0 Å². The fourth-order valence-electron chi connectivity index (χ4n) is 5.33.